The van der Waals surface area contributed by atoms with Gasteiger partial charge in [-0.25, -0.2) is 8.42 Å². The van der Waals surface area contributed by atoms with Gasteiger partial charge in [-0.3, -0.25) is 9.89 Å². The molecular formula is C6H10N2O3S. The molecule has 0 bridgehead atoms. The molecule has 0 saturated heterocycles. The van der Waals surface area contributed by atoms with Gasteiger partial charge < -0.3 is 0 Å². The summed E-state index contributed by atoms with van der Waals surface area (Å²) in [5, 5.41) is 2.17. The Bertz CT molecular complexity index is 400. The van der Waals surface area contributed by atoms with Gasteiger partial charge in [0.15, 0.2) is 0 Å². The van der Waals surface area contributed by atoms with Gasteiger partial charge in [-0.05, 0) is 6.42 Å². The lowest BCUT2D eigenvalue weighted by Crippen LogP contribution is -2.18. The first kappa shape index (κ1) is 9.05. The molecule has 1 aromatic heterocycles. The number of aromatic nitrogens is 2. The van der Waals surface area contributed by atoms with Crippen LogP contribution in [0.25, 0.3) is 0 Å². The highest BCUT2D eigenvalue weighted by Gasteiger charge is 2.10. The molecule has 68 valence electrons. The summed E-state index contributed by atoms with van der Waals surface area (Å²) in [5.41, 5.74) is -0.408. The summed E-state index contributed by atoms with van der Waals surface area (Å²) in [6, 6.07) is 1.17. The first-order valence-electron chi connectivity index (χ1n) is 3.57. The monoisotopic (exact) mass is 190 g/mol. The summed E-state index contributed by atoms with van der Waals surface area (Å²) in [5.74, 6) is 0.0393. The van der Waals surface area contributed by atoms with Crippen LogP contribution in [-0.4, -0.2) is 23.4 Å². The molecule has 1 aromatic rings. The Balaban J connectivity index is 3.06. The van der Waals surface area contributed by atoms with Crippen LogP contribution in [0.4, 0.5) is 0 Å². The molecule has 0 fully saturated rings. The maximum absolute atomic E-state index is 11.2. The molecule has 0 atom stereocenters. The van der Waals surface area contributed by atoms with Crippen molar-refractivity contribution in [3.05, 3.63) is 22.6 Å². The van der Waals surface area contributed by atoms with Crippen molar-refractivity contribution in [2.45, 2.75) is 13.3 Å². The normalized spacial score (nSPS) is 11.8. The van der Waals surface area contributed by atoms with E-state index in [-0.39, 0.29) is 5.75 Å². The minimum Gasteiger partial charge on any atom is -0.268 e. The van der Waals surface area contributed by atoms with E-state index < -0.39 is 15.6 Å². The number of rotatable bonds is 3. The molecule has 0 saturated carbocycles. The van der Waals surface area contributed by atoms with Gasteiger partial charge in [0.05, 0.1) is 5.75 Å². The first-order chi connectivity index (χ1) is 5.56. The molecular weight excluding hydrogens is 180 g/mol. The largest absolute Gasteiger partial charge is 0.268 e. The zero-order valence-corrected chi connectivity index (χ0v) is 7.47. The summed E-state index contributed by atoms with van der Waals surface area (Å²) in [7, 11) is -3.33. The topological polar surface area (TPSA) is 71.9 Å². The van der Waals surface area contributed by atoms with Crippen molar-refractivity contribution in [3.63, 3.8) is 0 Å². The van der Waals surface area contributed by atoms with E-state index in [1.807, 2.05) is 0 Å². The van der Waals surface area contributed by atoms with Crippen molar-refractivity contribution in [1.29, 1.82) is 0 Å². The Hall–Kier alpha value is -1.04. The van der Waals surface area contributed by atoms with E-state index in [4.69, 9.17) is 0 Å². The molecule has 0 aliphatic heterocycles. The fourth-order valence-electron chi connectivity index (χ4n) is 0.837. The maximum Gasteiger partial charge on any atom is 0.264 e. The summed E-state index contributed by atoms with van der Waals surface area (Å²) in [6.07, 6.45) is 1.75. The fourth-order valence-corrected chi connectivity index (χ4v) is 2.03. The second-order valence-corrected chi connectivity index (χ2v) is 4.37. The van der Waals surface area contributed by atoms with Crippen molar-refractivity contribution < 1.29 is 8.42 Å². The van der Waals surface area contributed by atoms with E-state index in [1.54, 1.807) is 6.92 Å². The number of hydrogen-bond donors (Lipinski definition) is 1. The maximum atomic E-state index is 11.2. The van der Waals surface area contributed by atoms with E-state index in [2.05, 4.69) is 5.10 Å². The number of H-pyrrole nitrogens is 1. The van der Waals surface area contributed by atoms with Crippen LogP contribution in [0.1, 0.15) is 13.3 Å². The highest BCUT2D eigenvalue weighted by molar-refractivity contribution is 7.89. The summed E-state index contributed by atoms with van der Waals surface area (Å²) in [4.78, 5) is 10.6. The van der Waals surface area contributed by atoms with E-state index >= 15 is 0 Å². The van der Waals surface area contributed by atoms with E-state index in [9.17, 15) is 13.2 Å². The molecule has 6 heteroatoms. The third-order valence-corrected chi connectivity index (χ3v) is 3.08. The highest BCUT2D eigenvalue weighted by Crippen LogP contribution is 1.94. The average Bonchev–Trinajstić information content (AvgIpc) is 2.36. The van der Waals surface area contributed by atoms with Crippen molar-refractivity contribution in [1.82, 2.24) is 9.19 Å². The smallest absolute Gasteiger partial charge is 0.264 e. The Labute approximate surface area is 70.1 Å². The number of nitrogens with zero attached hydrogens (tertiary/aromatic N) is 1. The zero-order valence-electron chi connectivity index (χ0n) is 6.65. The van der Waals surface area contributed by atoms with Gasteiger partial charge in [-0.1, -0.05) is 6.92 Å². The van der Waals surface area contributed by atoms with Crippen LogP contribution in [0.3, 0.4) is 0 Å². The van der Waals surface area contributed by atoms with E-state index in [0.29, 0.717) is 6.42 Å². The van der Waals surface area contributed by atoms with Crippen molar-refractivity contribution in [2.75, 3.05) is 5.75 Å². The minimum atomic E-state index is -3.33. The van der Waals surface area contributed by atoms with Crippen LogP contribution in [-0.2, 0) is 10.0 Å². The minimum absolute atomic E-state index is 0.0393. The molecule has 0 unspecified atom stereocenters. The molecule has 1 N–H and O–H groups in total. The third kappa shape index (κ3) is 1.76. The van der Waals surface area contributed by atoms with Crippen LogP contribution < -0.4 is 5.56 Å². The number of hydrogen-bond acceptors (Lipinski definition) is 3. The fraction of sp³-hybridized carbons (Fsp3) is 0.500. The lowest BCUT2D eigenvalue weighted by molar-refractivity contribution is 0.578. The van der Waals surface area contributed by atoms with Gasteiger partial charge in [0.2, 0.25) is 0 Å². The predicted molar refractivity (Wildman–Crippen MR) is 44.5 cm³/mol. The standard InChI is InChI=1S/C6H10N2O3S/c1-2-5-12(10,11)8-4-3-6(9)7-8/h3-4H,2,5H2,1H3,(H,7,9). The van der Waals surface area contributed by atoms with Gasteiger partial charge in [-0.15, -0.1) is 0 Å². The summed E-state index contributed by atoms with van der Waals surface area (Å²) in [6.45, 7) is 1.76. The van der Waals surface area contributed by atoms with E-state index in [0.717, 1.165) is 4.09 Å². The van der Waals surface area contributed by atoms with Crippen LogP contribution in [0, 0.1) is 0 Å². The molecule has 12 heavy (non-hydrogen) atoms. The molecule has 0 spiro atoms. The Morgan fingerprint density at radius 2 is 2.25 bits per heavy atom. The second kappa shape index (κ2) is 3.14. The van der Waals surface area contributed by atoms with Gasteiger partial charge in [0.25, 0.3) is 15.6 Å². The first-order valence-corrected chi connectivity index (χ1v) is 5.18. The van der Waals surface area contributed by atoms with Gasteiger partial charge in [-0.2, -0.15) is 4.09 Å². The van der Waals surface area contributed by atoms with Gasteiger partial charge >= 0.3 is 0 Å². The molecule has 5 nitrogen and oxygen atoms in total. The quantitative estimate of drug-likeness (QED) is 0.715. The summed E-state index contributed by atoms with van der Waals surface area (Å²) >= 11 is 0. The lowest BCUT2D eigenvalue weighted by Gasteiger charge is -2.01. The van der Waals surface area contributed by atoms with Crippen molar-refractivity contribution >= 4 is 10.0 Å². The van der Waals surface area contributed by atoms with Crippen LogP contribution in [0.2, 0.25) is 0 Å². The molecule has 0 radical (unpaired) electrons. The lowest BCUT2D eigenvalue weighted by atomic mass is 10.6. The predicted octanol–water partition coefficient (Wildman–Crippen LogP) is -0.236. The third-order valence-electron chi connectivity index (χ3n) is 1.34. The van der Waals surface area contributed by atoms with Gasteiger partial charge in [0, 0.05) is 12.3 Å². The van der Waals surface area contributed by atoms with Crippen LogP contribution in [0.15, 0.2) is 17.1 Å². The van der Waals surface area contributed by atoms with Crippen LogP contribution in [0.5, 0.6) is 0 Å². The highest BCUT2D eigenvalue weighted by atomic mass is 32.2. The number of aromatic amines is 1. The average molecular weight is 190 g/mol. The van der Waals surface area contributed by atoms with Crippen LogP contribution >= 0.6 is 0 Å². The summed E-state index contributed by atoms with van der Waals surface area (Å²) < 4.78 is 23.3. The zero-order chi connectivity index (χ0) is 9.19. The molecule has 0 aliphatic carbocycles. The molecule has 1 heterocycles. The Morgan fingerprint density at radius 3 is 2.67 bits per heavy atom. The Kier molecular flexibility index (Phi) is 2.37. The molecule has 0 amide bonds. The van der Waals surface area contributed by atoms with Gasteiger partial charge in [0.1, 0.15) is 0 Å². The van der Waals surface area contributed by atoms with E-state index in [1.165, 1.54) is 12.3 Å². The molecule has 0 aromatic carbocycles. The second-order valence-electron chi connectivity index (χ2n) is 2.40. The Morgan fingerprint density at radius 1 is 1.58 bits per heavy atom. The van der Waals surface area contributed by atoms with Crippen molar-refractivity contribution in [3.8, 4) is 0 Å². The molecule has 1 rings (SSSR count). The SMILES string of the molecule is CCCS(=O)(=O)n1ccc(=O)[nH]1. The molecule has 0 aliphatic rings. The number of nitrogens with one attached hydrogen (secondary N) is 1. The van der Waals surface area contributed by atoms with Crippen molar-refractivity contribution in [2.24, 2.45) is 0 Å².